The maximum Gasteiger partial charge on any atom is 0.306 e. The predicted molar refractivity (Wildman–Crippen MR) is 101 cm³/mol. The predicted octanol–water partition coefficient (Wildman–Crippen LogP) is 4.82. The second kappa shape index (κ2) is 11.6. The number of rotatable bonds is 11. The molecule has 0 aromatic carbocycles. The molecule has 0 aliphatic carbocycles. The summed E-state index contributed by atoms with van der Waals surface area (Å²) in [7, 11) is 0. The highest BCUT2D eigenvalue weighted by molar-refractivity contribution is 7.99. The minimum Gasteiger partial charge on any atom is -0.465 e. The molecule has 0 saturated carbocycles. The Labute approximate surface area is 155 Å². The lowest BCUT2D eigenvalue weighted by atomic mass is 10.0. The van der Waals surface area contributed by atoms with E-state index in [2.05, 4.69) is 18.9 Å². The van der Waals surface area contributed by atoms with Gasteiger partial charge >= 0.3 is 5.97 Å². The lowest BCUT2D eigenvalue weighted by Gasteiger charge is -2.22. The van der Waals surface area contributed by atoms with Crippen LogP contribution in [0.15, 0.2) is 17.3 Å². The molecule has 2 atom stereocenters. The van der Waals surface area contributed by atoms with E-state index in [-0.39, 0.29) is 12.2 Å². The summed E-state index contributed by atoms with van der Waals surface area (Å²) < 4.78 is 13.1. The van der Waals surface area contributed by atoms with E-state index in [1.54, 1.807) is 11.8 Å². The number of ether oxygens (including phenoxy) is 2. The number of nitrogens with zero attached hydrogens (tertiary/aromatic N) is 2. The second-order valence-corrected chi connectivity index (χ2v) is 7.84. The monoisotopic (exact) mass is 368 g/mol. The number of aromatic nitrogens is 2. The van der Waals surface area contributed by atoms with Gasteiger partial charge in [-0.25, -0.2) is 4.68 Å². The number of hydrogen-bond donors (Lipinski definition) is 0. The van der Waals surface area contributed by atoms with Crippen molar-refractivity contribution in [2.24, 2.45) is 5.92 Å². The van der Waals surface area contributed by atoms with Gasteiger partial charge in [0.2, 0.25) is 0 Å². The Bertz CT molecular complexity index is 501. The standard InChI is InChI=1S/C19H32N2O3S/c1-3-5-8-16(4-2)15-24-19(22)10-12-25-17-13-20-21(14-17)18-9-6-7-11-23-18/h13-14,16,18H,3-12,15H2,1-2H3. The molecule has 5 nitrogen and oxygen atoms in total. The average molecular weight is 369 g/mol. The third-order valence-electron chi connectivity index (χ3n) is 4.63. The van der Waals surface area contributed by atoms with E-state index in [0.29, 0.717) is 18.9 Å². The topological polar surface area (TPSA) is 53.3 Å². The quantitative estimate of drug-likeness (QED) is 0.414. The Morgan fingerprint density at radius 2 is 2.36 bits per heavy atom. The van der Waals surface area contributed by atoms with E-state index in [1.807, 2.05) is 17.1 Å². The van der Waals surface area contributed by atoms with Crippen molar-refractivity contribution in [1.29, 1.82) is 0 Å². The number of carbonyl (C=O) groups is 1. The van der Waals surface area contributed by atoms with Gasteiger partial charge in [0, 0.05) is 23.5 Å². The van der Waals surface area contributed by atoms with Crippen LogP contribution in [-0.2, 0) is 14.3 Å². The zero-order valence-corrected chi connectivity index (χ0v) is 16.4. The van der Waals surface area contributed by atoms with Gasteiger partial charge in [0.05, 0.1) is 19.2 Å². The fourth-order valence-corrected chi connectivity index (χ4v) is 3.73. The molecule has 1 saturated heterocycles. The summed E-state index contributed by atoms with van der Waals surface area (Å²) in [5.74, 6) is 1.14. The largest absolute Gasteiger partial charge is 0.465 e. The van der Waals surface area contributed by atoms with Gasteiger partial charge in [-0.3, -0.25) is 4.79 Å². The van der Waals surface area contributed by atoms with Crippen LogP contribution in [0.2, 0.25) is 0 Å². The molecule has 25 heavy (non-hydrogen) atoms. The van der Waals surface area contributed by atoms with Crippen LogP contribution < -0.4 is 0 Å². The summed E-state index contributed by atoms with van der Waals surface area (Å²) in [6, 6.07) is 0. The minimum absolute atomic E-state index is 0.0714. The van der Waals surface area contributed by atoms with Crippen molar-refractivity contribution in [2.45, 2.75) is 76.3 Å². The smallest absolute Gasteiger partial charge is 0.306 e. The van der Waals surface area contributed by atoms with E-state index >= 15 is 0 Å². The summed E-state index contributed by atoms with van der Waals surface area (Å²) in [5.41, 5.74) is 0. The van der Waals surface area contributed by atoms with Gasteiger partial charge in [-0.1, -0.05) is 33.1 Å². The normalized spacial score (nSPS) is 18.9. The maximum absolute atomic E-state index is 11.9. The molecule has 6 heteroatoms. The number of unbranched alkanes of at least 4 members (excludes halogenated alkanes) is 1. The van der Waals surface area contributed by atoms with Crippen molar-refractivity contribution in [1.82, 2.24) is 9.78 Å². The Morgan fingerprint density at radius 1 is 1.48 bits per heavy atom. The van der Waals surface area contributed by atoms with Crippen LogP contribution in [0.5, 0.6) is 0 Å². The molecule has 0 amide bonds. The van der Waals surface area contributed by atoms with Crippen LogP contribution in [0.4, 0.5) is 0 Å². The highest BCUT2D eigenvalue weighted by atomic mass is 32.2. The summed E-state index contributed by atoms with van der Waals surface area (Å²) in [5, 5.41) is 4.39. The van der Waals surface area contributed by atoms with Crippen molar-refractivity contribution in [2.75, 3.05) is 19.0 Å². The molecule has 0 N–H and O–H groups in total. The zero-order chi connectivity index (χ0) is 17.9. The summed E-state index contributed by atoms with van der Waals surface area (Å²) in [4.78, 5) is 13.0. The molecule has 2 unspecified atom stereocenters. The van der Waals surface area contributed by atoms with Crippen molar-refractivity contribution < 1.29 is 14.3 Å². The SMILES string of the molecule is CCCCC(CC)COC(=O)CCSc1cnn(C2CCCCO2)c1. The van der Waals surface area contributed by atoms with Crippen molar-refractivity contribution in [3.63, 3.8) is 0 Å². The van der Waals surface area contributed by atoms with Gasteiger partial charge in [0.25, 0.3) is 0 Å². The van der Waals surface area contributed by atoms with Crippen molar-refractivity contribution in [3.8, 4) is 0 Å². The molecule has 2 heterocycles. The van der Waals surface area contributed by atoms with E-state index in [0.717, 1.165) is 42.9 Å². The Balaban J connectivity index is 1.63. The second-order valence-electron chi connectivity index (χ2n) is 6.68. The summed E-state index contributed by atoms with van der Waals surface area (Å²) in [6.45, 7) is 5.74. The van der Waals surface area contributed by atoms with Gasteiger partial charge in [-0.05, 0) is 31.6 Å². The van der Waals surface area contributed by atoms with Gasteiger partial charge in [0.1, 0.15) is 6.23 Å². The van der Waals surface area contributed by atoms with Crippen LogP contribution in [0.25, 0.3) is 0 Å². The van der Waals surface area contributed by atoms with Gasteiger partial charge in [0.15, 0.2) is 0 Å². The molecule has 2 rings (SSSR count). The lowest BCUT2D eigenvalue weighted by molar-refractivity contribution is -0.144. The Morgan fingerprint density at radius 3 is 3.08 bits per heavy atom. The fourth-order valence-electron chi connectivity index (χ4n) is 2.92. The van der Waals surface area contributed by atoms with E-state index in [9.17, 15) is 4.79 Å². The Kier molecular flexibility index (Phi) is 9.40. The minimum atomic E-state index is -0.0922. The van der Waals surface area contributed by atoms with Crippen LogP contribution in [0, 0.1) is 5.92 Å². The number of carbonyl (C=O) groups excluding carboxylic acids is 1. The molecule has 1 aromatic rings. The average Bonchev–Trinajstić information content (AvgIpc) is 3.11. The zero-order valence-electron chi connectivity index (χ0n) is 15.6. The van der Waals surface area contributed by atoms with Crippen LogP contribution in [0.3, 0.4) is 0 Å². The van der Waals surface area contributed by atoms with E-state index in [4.69, 9.17) is 9.47 Å². The first-order valence-electron chi connectivity index (χ1n) is 9.67. The molecule has 0 bridgehead atoms. The molecular formula is C19H32N2O3S. The highest BCUT2D eigenvalue weighted by Gasteiger charge is 2.16. The first-order chi connectivity index (χ1) is 12.2. The van der Waals surface area contributed by atoms with E-state index < -0.39 is 0 Å². The first kappa shape index (κ1) is 20.3. The van der Waals surface area contributed by atoms with Gasteiger partial charge in [-0.15, -0.1) is 11.8 Å². The highest BCUT2D eigenvalue weighted by Crippen LogP contribution is 2.25. The molecule has 1 aliphatic rings. The van der Waals surface area contributed by atoms with Crippen molar-refractivity contribution in [3.05, 3.63) is 12.4 Å². The molecule has 0 spiro atoms. The third kappa shape index (κ3) is 7.40. The lowest BCUT2D eigenvalue weighted by Crippen LogP contribution is -2.18. The van der Waals surface area contributed by atoms with Gasteiger partial charge < -0.3 is 9.47 Å². The van der Waals surface area contributed by atoms with Crippen LogP contribution in [0.1, 0.15) is 71.4 Å². The van der Waals surface area contributed by atoms with Crippen LogP contribution >= 0.6 is 11.8 Å². The summed E-state index contributed by atoms with van der Waals surface area (Å²) in [6.07, 6.45) is 12.4. The Hall–Kier alpha value is -1.01. The molecular weight excluding hydrogens is 336 g/mol. The fraction of sp³-hybridized carbons (Fsp3) is 0.789. The molecule has 1 fully saturated rings. The van der Waals surface area contributed by atoms with Gasteiger partial charge in [-0.2, -0.15) is 5.10 Å². The summed E-state index contributed by atoms with van der Waals surface area (Å²) >= 11 is 1.65. The van der Waals surface area contributed by atoms with Crippen molar-refractivity contribution >= 4 is 17.7 Å². The molecule has 142 valence electrons. The first-order valence-corrected chi connectivity index (χ1v) is 10.7. The molecule has 1 aromatic heterocycles. The number of hydrogen-bond acceptors (Lipinski definition) is 5. The van der Waals surface area contributed by atoms with Crippen LogP contribution in [-0.4, -0.2) is 34.7 Å². The maximum atomic E-state index is 11.9. The molecule has 0 radical (unpaired) electrons. The number of thioether (sulfide) groups is 1. The van der Waals surface area contributed by atoms with E-state index in [1.165, 1.54) is 19.3 Å². The molecule has 1 aliphatic heterocycles. The number of esters is 1. The third-order valence-corrected chi connectivity index (χ3v) is 5.58.